The second kappa shape index (κ2) is 7.53. The second-order valence-electron chi connectivity index (χ2n) is 5.32. The van der Waals surface area contributed by atoms with Gasteiger partial charge in [0, 0.05) is 38.3 Å². The van der Waals surface area contributed by atoms with E-state index < -0.39 is 0 Å². The molecule has 110 valence electrons. The number of aliphatic hydroxyl groups is 1. The van der Waals surface area contributed by atoms with Gasteiger partial charge in [-0.25, -0.2) is 0 Å². The van der Waals surface area contributed by atoms with E-state index in [1.54, 1.807) is 0 Å². The Labute approximate surface area is 121 Å². The molecule has 0 atom stereocenters. The predicted molar refractivity (Wildman–Crippen MR) is 80.1 cm³/mol. The number of hydrogen-bond acceptors (Lipinski definition) is 4. The van der Waals surface area contributed by atoms with Crippen LogP contribution in [0.4, 0.5) is 0 Å². The van der Waals surface area contributed by atoms with Crippen molar-refractivity contribution in [3.05, 3.63) is 35.4 Å². The van der Waals surface area contributed by atoms with Crippen LogP contribution in [0.1, 0.15) is 22.8 Å². The molecule has 0 bridgehead atoms. The number of β-amino-alcohol motifs (C(OH)–C–C–N with tert-alkyl or cyclic N) is 1. The highest BCUT2D eigenvalue weighted by atomic mass is 16.3. The number of benzene rings is 1. The number of aliphatic hydroxyl groups excluding tert-OH is 1. The molecule has 0 spiro atoms. The summed E-state index contributed by atoms with van der Waals surface area (Å²) in [7, 11) is 0. The van der Waals surface area contributed by atoms with E-state index in [2.05, 4.69) is 16.7 Å². The van der Waals surface area contributed by atoms with Crippen LogP contribution < -0.4 is 0 Å². The number of ketones is 1. The lowest BCUT2D eigenvalue weighted by atomic mass is 10.1. The van der Waals surface area contributed by atoms with Crippen LogP contribution in [-0.2, 0) is 6.42 Å². The number of rotatable bonds is 6. The van der Waals surface area contributed by atoms with Gasteiger partial charge in [0.2, 0.25) is 0 Å². The molecular formula is C16H24N2O2. The maximum absolute atomic E-state index is 12.2. The monoisotopic (exact) mass is 276 g/mol. The highest BCUT2D eigenvalue weighted by molar-refractivity contribution is 5.97. The van der Waals surface area contributed by atoms with Crippen molar-refractivity contribution in [2.75, 3.05) is 45.9 Å². The van der Waals surface area contributed by atoms with Crippen LogP contribution in [0, 0.1) is 0 Å². The Morgan fingerprint density at radius 2 is 1.70 bits per heavy atom. The second-order valence-corrected chi connectivity index (χ2v) is 5.32. The topological polar surface area (TPSA) is 43.8 Å². The van der Waals surface area contributed by atoms with Crippen molar-refractivity contribution in [3.8, 4) is 0 Å². The third-order valence-electron chi connectivity index (χ3n) is 3.93. The van der Waals surface area contributed by atoms with E-state index >= 15 is 0 Å². The van der Waals surface area contributed by atoms with Gasteiger partial charge < -0.3 is 5.11 Å². The number of carbonyl (C=O) groups is 1. The lowest BCUT2D eigenvalue weighted by Crippen LogP contribution is -2.48. The summed E-state index contributed by atoms with van der Waals surface area (Å²) in [6.45, 7) is 7.23. The number of nitrogens with zero attached hydrogens (tertiary/aromatic N) is 2. The van der Waals surface area contributed by atoms with Crippen molar-refractivity contribution in [2.24, 2.45) is 0 Å². The molecule has 1 aliphatic heterocycles. The average Bonchev–Trinajstić information content (AvgIpc) is 2.49. The largest absolute Gasteiger partial charge is 0.395 e. The minimum absolute atomic E-state index is 0.197. The van der Waals surface area contributed by atoms with Crippen molar-refractivity contribution in [1.29, 1.82) is 0 Å². The Bertz CT molecular complexity index is 423. The molecule has 0 unspecified atom stereocenters. The molecule has 0 saturated carbocycles. The Morgan fingerprint density at radius 3 is 2.25 bits per heavy atom. The van der Waals surface area contributed by atoms with Gasteiger partial charge in [-0.2, -0.15) is 0 Å². The van der Waals surface area contributed by atoms with Crippen LogP contribution in [0.3, 0.4) is 0 Å². The summed E-state index contributed by atoms with van der Waals surface area (Å²) in [5, 5.41) is 8.91. The molecule has 0 radical (unpaired) electrons. The number of hydrogen-bond donors (Lipinski definition) is 1. The van der Waals surface area contributed by atoms with Gasteiger partial charge in [-0.1, -0.05) is 31.2 Å². The summed E-state index contributed by atoms with van der Waals surface area (Å²) in [5.74, 6) is 0.197. The minimum Gasteiger partial charge on any atom is -0.395 e. The smallest absolute Gasteiger partial charge is 0.176 e. The molecule has 1 N–H and O–H groups in total. The fourth-order valence-corrected chi connectivity index (χ4v) is 2.53. The predicted octanol–water partition coefficient (Wildman–Crippen LogP) is 1.04. The van der Waals surface area contributed by atoms with Gasteiger partial charge in [-0.15, -0.1) is 0 Å². The summed E-state index contributed by atoms with van der Waals surface area (Å²) in [6, 6.07) is 7.94. The summed E-state index contributed by atoms with van der Waals surface area (Å²) in [6.07, 6.45) is 1.00. The molecule has 1 aromatic rings. The Hall–Kier alpha value is -1.23. The number of carbonyl (C=O) groups excluding carboxylic acids is 1. The van der Waals surface area contributed by atoms with Gasteiger partial charge in [-0.05, 0) is 12.0 Å². The lowest BCUT2D eigenvalue weighted by Gasteiger charge is -2.33. The summed E-state index contributed by atoms with van der Waals surface area (Å²) < 4.78 is 0. The SMILES string of the molecule is CCc1ccc(C(=O)CN2CCN(CCO)CC2)cc1. The van der Waals surface area contributed by atoms with Crippen molar-refractivity contribution in [3.63, 3.8) is 0 Å². The van der Waals surface area contributed by atoms with Crippen molar-refractivity contribution in [1.82, 2.24) is 9.80 Å². The normalized spacial score (nSPS) is 17.3. The average molecular weight is 276 g/mol. The fraction of sp³-hybridized carbons (Fsp3) is 0.562. The van der Waals surface area contributed by atoms with Crippen LogP contribution in [0.25, 0.3) is 0 Å². The lowest BCUT2D eigenvalue weighted by molar-refractivity contribution is 0.0822. The van der Waals surface area contributed by atoms with E-state index in [4.69, 9.17) is 5.11 Å². The molecule has 2 rings (SSSR count). The van der Waals surface area contributed by atoms with Crippen molar-refractivity contribution >= 4 is 5.78 Å². The molecule has 0 aliphatic carbocycles. The van der Waals surface area contributed by atoms with Gasteiger partial charge in [-0.3, -0.25) is 14.6 Å². The van der Waals surface area contributed by atoms with Crippen LogP contribution in [0.5, 0.6) is 0 Å². The number of aryl methyl sites for hydroxylation is 1. The summed E-state index contributed by atoms with van der Waals surface area (Å²) in [5.41, 5.74) is 2.07. The molecule has 0 amide bonds. The van der Waals surface area contributed by atoms with Crippen molar-refractivity contribution in [2.45, 2.75) is 13.3 Å². The first-order chi connectivity index (χ1) is 9.72. The van der Waals surface area contributed by atoms with Crippen LogP contribution >= 0.6 is 0 Å². The standard InChI is InChI=1S/C16H24N2O2/c1-2-14-3-5-15(6-4-14)16(20)13-18-9-7-17(8-10-18)11-12-19/h3-6,19H,2,7-13H2,1H3. The first-order valence-electron chi connectivity index (χ1n) is 7.40. The highest BCUT2D eigenvalue weighted by Crippen LogP contribution is 2.08. The van der Waals surface area contributed by atoms with Crippen LogP contribution in [0.15, 0.2) is 24.3 Å². The zero-order chi connectivity index (χ0) is 14.4. The van der Waals surface area contributed by atoms with Gasteiger partial charge in [0.1, 0.15) is 0 Å². The number of piperazine rings is 1. The number of Topliss-reactive ketones (excluding diaryl/α,β-unsaturated/α-hetero) is 1. The molecule has 4 nitrogen and oxygen atoms in total. The Morgan fingerprint density at radius 1 is 1.10 bits per heavy atom. The van der Waals surface area contributed by atoms with Gasteiger partial charge >= 0.3 is 0 Å². The molecule has 1 aromatic carbocycles. The molecule has 1 heterocycles. The Balaban J connectivity index is 1.82. The van der Waals surface area contributed by atoms with Crippen LogP contribution in [0.2, 0.25) is 0 Å². The first kappa shape index (κ1) is 15.2. The zero-order valence-electron chi connectivity index (χ0n) is 12.2. The van der Waals surface area contributed by atoms with E-state index in [0.717, 1.165) is 44.7 Å². The maximum atomic E-state index is 12.2. The molecular weight excluding hydrogens is 252 g/mol. The van der Waals surface area contributed by atoms with Crippen molar-refractivity contribution < 1.29 is 9.90 Å². The quantitative estimate of drug-likeness (QED) is 0.789. The summed E-state index contributed by atoms with van der Waals surface area (Å²) >= 11 is 0. The molecule has 20 heavy (non-hydrogen) atoms. The Kier molecular flexibility index (Phi) is 5.71. The van der Waals surface area contributed by atoms with Gasteiger partial charge in [0.05, 0.1) is 13.2 Å². The molecule has 1 fully saturated rings. The zero-order valence-corrected chi connectivity index (χ0v) is 12.2. The van der Waals surface area contributed by atoms with E-state index in [-0.39, 0.29) is 12.4 Å². The van der Waals surface area contributed by atoms with Gasteiger partial charge in [0.15, 0.2) is 5.78 Å². The third-order valence-corrected chi connectivity index (χ3v) is 3.93. The van der Waals surface area contributed by atoms with E-state index in [0.29, 0.717) is 6.54 Å². The molecule has 4 heteroatoms. The molecule has 1 aliphatic rings. The maximum Gasteiger partial charge on any atom is 0.176 e. The third kappa shape index (κ3) is 4.13. The van der Waals surface area contributed by atoms with E-state index in [9.17, 15) is 4.79 Å². The molecule has 0 aromatic heterocycles. The summed E-state index contributed by atoms with van der Waals surface area (Å²) in [4.78, 5) is 16.7. The molecule has 1 saturated heterocycles. The van der Waals surface area contributed by atoms with Gasteiger partial charge in [0.25, 0.3) is 0 Å². The first-order valence-corrected chi connectivity index (χ1v) is 7.40. The fourth-order valence-electron chi connectivity index (χ4n) is 2.53. The highest BCUT2D eigenvalue weighted by Gasteiger charge is 2.18. The van der Waals surface area contributed by atoms with E-state index in [1.807, 2.05) is 24.3 Å². The van der Waals surface area contributed by atoms with E-state index in [1.165, 1.54) is 5.56 Å². The van der Waals surface area contributed by atoms with Crippen LogP contribution in [-0.4, -0.2) is 66.6 Å². The minimum atomic E-state index is 0.197.